The van der Waals surface area contributed by atoms with E-state index in [1.807, 2.05) is 37.3 Å². The normalized spacial score (nSPS) is 10.7. The first-order valence-electron chi connectivity index (χ1n) is 7.56. The lowest BCUT2D eigenvalue weighted by atomic mass is 10.0. The smallest absolute Gasteiger partial charge is 0.137 e. The molecule has 1 aromatic heterocycles. The summed E-state index contributed by atoms with van der Waals surface area (Å²) in [5.41, 5.74) is 1.91. The van der Waals surface area contributed by atoms with Crippen LogP contribution in [0.25, 0.3) is 10.9 Å². The van der Waals surface area contributed by atoms with Crippen molar-refractivity contribution in [2.45, 2.75) is 45.4 Å². The van der Waals surface area contributed by atoms with Crippen LogP contribution in [0.1, 0.15) is 44.6 Å². The van der Waals surface area contributed by atoms with Gasteiger partial charge in [0.15, 0.2) is 0 Å². The second-order valence-corrected chi connectivity index (χ2v) is 5.35. The molecule has 2 aromatic rings. The summed E-state index contributed by atoms with van der Waals surface area (Å²) >= 11 is 0. The van der Waals surface area contributed by atoms with E-state index in [9.17, 15) is 9.59 Å². The SMILES string of the molecule is CCC(=O)CCCCC(=O)Cc1cnc2ccccc2c1. The predicted octanol–water partition coefficient (Wildman–Crippen LogP) is 3.89. The number of aromatic nitrogens is 1. The van der Waals surface area contributed by atoms with E-state index < -0.39 is 0 Å². The lowest BCUT2D eigenvalue weighted by Crippen LogP contribution is -2.04. The fourth-order valence-electron chi connectivity index (χ4n) is 2.35. The standard InChI is InChI=1S/C18H21NO2/c1-2-16(20)8-4-5-9-17(21)12-14-11-15-7-3-6-10-18(15)19-13-14/h3,6-7,10-11,13H,2,4-5,8-9,12H2,1H3. The Kier molecular flexibility index (Phi) is 5.61. The average molecular weight is 283 g/mol. The minimum Gasteiger partial charge on any atom is -0.300 e. The van der Waals surface area contributed by atoms with Crippen molar-refractivity contribution in [1.29, 1.82) is 0 Å². The zero-order chi connectivity index (χ0) is 15.1. The maximum atomic E-state index is 12.0. The van der Waals surface area contributed by atoms with E-state index in [1.165, 1.54) is 0 Å². The Labute approximate surface area is 125 Å². The predicted molar refractivity (Wildman–Crippen MR) is 84.2 cm³/mol. The third kappa shape index (κ3) is 4.78. The molecule has 3 heteroatoms. The first-order valence-corrected chi connectivity index (χ1v) is 7.56. The van der Waals surface area contributed by atoms with E-state index in [2.05, 4.69) is 4.98 Å². The van der Waals surface area contributed by atoms with Gasteiger partial charge in [-0.05, 0) is 30.5 Å². The molecule has 21 heavy (non-hydrogen) atoms. The van der Waals surface area contributed by atoms with Gasteiger partial charge in [0.1, 0.15) is 11.6 Å². The molecule has 1 heterocycles. The number of benzene rings is 1. The third-order valence-electron chi connectivity index (χ3n) is 3.60. The Hall–Kier alpha value is -2.03. The molecule has 0 saturated heterocycles. The van der Waals surface area contributed by atoms with Crippen LogP contribution in [-0.2, 0) is 16.0 Å². The molecule has 1 aromatic carbocycles. The van der Waals surface area contributed by atoms with Crippen molar-refractivity contribution in [3.8, 4) is 0 Å². The summed E-state index contributed by atoms with van der Waals surface area (Å²) in [6.45, 7) is 1.88. The molecule has 0 spiro atoms. The minimum atomic E-state index is 0.219. The Morgan fingerprint density at radius 2 is 1.76 bits per heavy atom. The highest BCUT2D eigenvalue weighted by Gasteiger charge is 2.06. The highest BCUT2D eigenvalue weighted by molar-refractivity contribution is 5.84. The van der Waals surface area contributed by atoms with Gasteiger partial charge in [-0.3, -0.25) is 14.6 Å². The Bertz CT molecular complexity index is 634. The van der Waals surface area contributed by atoms with Gasteiger partial charge in [0, 0.05) is 37.3 Å². The molecule has 0 aliphatic carbocycles. The topological polar surface area (TPSA) is 47.0 Å². The van der Waals surface area contributed by atoms with Crippen molar-refractivity contribution in [3.05, 3.63) is 42.1 Å². The molecule has 0 bridgehead atoms. The number of pyridine rings is 1. The van der Waals surface area contributed by atoms with Gasteiger partial charge in [0.05, 0.1) is 5.52 Å². The second-order valence-electron chi connectivity index (χ2n) is 5.35. The van der Waals surface area contributed by atoms with E-state index in [0.717, 1.165) is 29.3 Å². The van der Waals surface area contributed by atoms with E-state index in [1.54, 1.807) is 6.20 Å². The van der Waals surface area contributed by atoms with Gasteiger partial charge < -0.3 is 0 Å². The molecule has 2 rings (SSSR count). The number of hydrogen-bond donors (Lipinski definition) is 0. The van der Waals surface area contributed by atoms with Crippen molar-refractivity contribution >= 4 is 22.5 Å². The first kappa shape index (κ1) is 15.4. The average Bonchev–Trinajstić information content (AvgIpc) is 2.51. The van der Waals surface area contributed by atoms with Gasteiger partial charge >= 0.3 is 0 Å². The van der Waals surface area contributed by atoms with Crippen LogP contribution in [0.4, 0.5) is 0 Å². The van der Waals surface area contributed by atoms with Crippen LogP contribution in [0, 0.1) is 0 Å². The zero-order valence-electron chi connectivity index (χ0n) is 12.5. The molecular weight excluding hydrogens is 262 g/mol. The van der Waals surface area contributed by atoms with E-state index in [4.69, 9.17) is 0 Å². The summed E-state index contributed by atoms with van der Waals surface area (Å²) in [6, 6.07) is 9.93. The highest BCUT2D eigenvalue weighted by Crippen LogP contribution is 2.14. The molecule has 0 unspecified atom stereocenters. The van der Waals surface area contributed by atoms with Crippen molar-refractivity contribution < 1.29 is 9.59 Å². The lowest BCUT2D eigenvalue weighted by Gasteiger charge is -2.03. The molecule has 0 amide bonds. The quantitative estimate of drug-likeness (QED) is 0.691. The van der Waals surface area contributed by atoms with Crippen LogP contribution in [-0.4, -0.2) is 16.6 Å². The minimum absolute atomic E-state index is 0.219. The molecule has 0 aliphatic heterocycles. The van der Waals surface area contributed by atoms with Crippen molar-refractivity contribution in [3.63, 3.8) is 0 Å². The second kappa shape index (κ2) is 7.67. The molecule has 0 atom stereocenters. The van der Waals surface area contributed by atoms with Gasteiger partial charge in [-0.15, -0.1) is 0 Å². The number of carbonyl (C=O) groups is 2. The van der Waals surface area contributed by atoms with Gasteiger partial charge in [-0.1, -0.05) is 25.1 Å². The lowest BCUT2D eigenvalue weighted by molar-refractivity contribution is -0.120. The number of unbranched alkanes of at least 4 members (excludes halogenated alkanes) is 1. The van der Waals surface area contributed by atoms with Gasteiger partial charge in [0.25, 0.3) is 0 Å². The van der Waals surface area contributed by atoms with Crippen LogP contribution in [0.3, 0.4) is 0 Å². The highest BCUT2D eigenvalue weighted by atomic mass is 16.1. The van der Waals surface area contributed by atoms with Crippen LogP contribution in [0.15, 0.2) is 36.5 Å². The Morgan fingerprint density at radius 3 is 2.52 bits per heavy atom. The van der Waals surface area contributed by atoms with E-state index in [-0.39, 0.29) is 11.6 Å². The van der Waals surface area contributed by atoms with Crippen LogP contribution < -0.4 is 0 Å². The fourth-order valence-corrected chi connectivity index (χ4v) is 2.35. The van der Waals surface area contributed by atoms with Crippen molar-refractivity contribution in [2.24, 2.45) is 0 Å². The summed E-state index contributed by atoms with van der Waals surface area (Å²) in [5, 5.41) is 1.07. The number of rotatable bonds is 8. The summed E-state index contributed by atoms with van der Waals surface area (Å²) in [6.07, 6.45) is 5.56. The molecule has 3 nitrogen and oxygen atoms in total. The maximum absolute atomic E-state index is 12.0. The van der Waals surface area contributed by atoms with Crippen LogP contribution >= 0.6 is 0 Å². The summed E-state index contributed by atoms with van der Waals surface area (Å²) in [5.74, 6) is 0.497. The molecule has 110 valence electrons. The molecule has 0 aliphatic rings. The van der Waals surface area contributed by atoms with Gasteiger partial charge in [-0.2, -0.15) is 0 Å². The van der Waals surface area contributed by atoms with Crippen LogP contribution in [0.5, 0.6) is 0 Å². The van der Waals surface area contributed by atoms with Crippen molar-refractivity contribution in [1.82, 2.24) is 4.98 Å². The molecule has 0 saturated carbocycles. The number of hydrogen-bond acceptors (Lipinski definition) is 3. The molecule has 0 N–H and O–H groups in total. The van der Waals surface area contributed by atoms with Crippen molar-refractivity contribution in [2.75, 3.05) is 0 Å². The molecular formula is C18H21NO2. The van der Waals surface area contributed by atoms with Gasteiger partial charge in [0.2, 0.25) is 0 Å². The maximum Gasteiger partial charge on any atom is 0.137 e. The molecule has 0 fully saturated rings. The Balaban J connectivity index is 1.82. The number of nitrogens with zero attached hydrogens (tertiary/aromatic N) is 1. The summed E-state index contributed by atoms with van der Waals surface area (Å²) < 4.78 is 0. The number of carbonyl (C=O) groups excluding carboxylic acids is 2. The molecule has 0 radical (unpaired) electrons. The zero-order valence-corrected chi connectivity index (χ0v) is 12.5. The number of Topliss-reactive ketones (excluding diaryl/α,β-unsaturated/α-hetero) is 2. The summed E-state index contributed by atoms with van der Waals surface area (Å²) in [7, 11) is 0. The van der Waals surface area contributed by atoms with E-state index >= 15 is 0 Å². The van der Waals surface area contributed by atoms with E-state index in [0.29, 0.717) is 25.7 Å². The summed E-state index contributed by atoms with van der Waals surface area (Å²) in [4.78, 5) is 27.5. The largest absolute Gasteiger partial charge is 0.300 e. The van der Waals surface area contributed by atoms with Crippen LogP contribution in [0.2, 0.25) is 0 Å². The number of para-hydroxylation sites is 1. The first-order chi connectivity index (χ1) is 10.2. The van der Waals surface area contributed by atoms with Gasteiger partial charge in [-0.25, -0.2) is 0 Å². The fraction of sp³-hybridized carbons (Fsp3) is 0.389. The monoisotopic (exact) mass is 283 g/mol. The third-order valence-corrected chi connectivity index (χ3v) is 3.60. The number of fused-ring (bicyclic) bond motifs is 1. The Morgan fingerprint density at radius 1 is 1.05 bits per heavy atom. The number of ketones is 2.